The lowest BCUT2D eigenvalue weighted by Crippen LogP contribution is -2.39. The Morgan fingerprint density at radius 2 is 1.67 bits per heavy atom. The summed E-state index contributed by atoms with van der Waals surface area (Å²) < 4.78 is 27.9. The maximum absolute atomic E-state index is 13.0. The predicted octanol–water partition coefficient (Wildman–Crippen LogP) is 4.48. The van der Waals surface area contributed by atoms with Gasteiger partial charge in [0.2, 0.25) is 10.0 Å². The fourth-order valence-corrected chi connectivity index (χ4v) is 6.64. The molecule has 4 rings (SSSR count). The van der Waals surface area contributed by atoms with E-state index in [0.29, 0.717) is 29.7 Å². The molecule has 1 saturated heterocycles. The van der Waals surface area contributed by atoms with Gasteiger partial charge in [0.25, 0.3) is 5.91 Å². The van der Waals surface area contributed by atoms with Crippen molar-refractivity contribution >= 4 is 31.9 Å². The second kappa shape index (κ2) is 8.81. The summed E-state index contributed by atoms with van der Waals surface area (Å²) in [5, 5.41) is 3.09. The van der Waals surface area contributed by atoms with Gasteiger partial charge in [-0.3, -0.25) is 4.79 Å². The van der Waals surface area contributed by atoms with Gasteiger partial charge in [0.15, 0.2) is 0 Å². The van der Waals surface area contributed by atoms with Crippen LogP contribution >= 0.6 is 15.9 Å². The van der Waals surface area contributed by atoms with Crippen molar-refractivity contribution < 1.29 is 13.2 Å². The summed E-state index contributed by atoms with van der Waals surface area (Å²) >= 11 is 3.42. The van der Waals surface area contributed by atoms with Gasteiger partial charge in [0.1, 0.15) is 0 Å². The van der Waals surface area contributed by atoms with Crippen molar-refractivity contribution in [2.45, 2.75) is 48.8 Å². The third kappa shape index (κ3) is 4.20. The maximum Gasteiger partial charge on any atom is 0.252 e. The number of hydrogen-bond acceptors (Lipinski definition) is 3. The summed E-state index contributed by atoms with van der Waals surface area (Å²) in [6, 6.07) is 15.1. The van der Waals surface area contributed by atoms with E-state index >= 15 is 0 Å². The van der Waals surface area contributed by atoms with Gasteiger partial charge < -0.3 is 5.32 Å². The molecule has 30 heavy (non-hydrogen) atoms. The van der Waals surface area contributed by atoms with Crippen LogP contribution in [-0.4, -0.2) is 38.3 Å². The summed E-state index contributed by atoms with van der Waals surface area (Å²) in [6.45, 7) is 1.63. The van der Waals surface area contributed by atoms with Gasteiger partial charge >= 0.3 is 0 Å². The van der Waals surface area contributed by atoms with Gasteiger partial charge in [-0.2, -0.15) is 4.31 Å². The van der Waals surface area contributed by atoms with Crippen molar-refractivity contribution in [3.8, 4) is 0 Å². The van der Waals surface area contributed by atoms with Gasteiger partial charge in [0, 0.05) is 29.5 Å². The number of rotatable bonds is 6. The number of carbonyl (C=O) groups excluding carboxylic acids is 1. The quantitative estimate of drug-likeness (QED) is 0.648. The van der Waals surface area contributed by atoms with Crippen molar-refractivity contribution in [3.63, 3.8) is 0 Å². The number of nitrogens with zero attached hydrogens (tertiary/aromatic N) is 1. The van der Waals surface area contributed by atoms with Crippen molar-refractivity contribution in [2.75, 3.05) is 19.6 Å². The van der Waals surface area contributed by atoms with Crippen LogP contribution in [0.2, 0.25) is 0 Å². The zero-order valence-corrected chi connectivity index (χ0v) is 19.3. The van der Waals surface area contributed by atoms with E-state index in [1.807, 2.05) is 18.2 Å². The van der Waals surface area contributed by atoms with E-state index in [2.05, 4.69) is 33.4 Å². The molecular formula is C23H27BrN2O3S. The highest BCUT2D eigenvalue weighted by atomic mass is 79.9. The van der Waals surface area contributed by atoms with Crippen molar-refractivity contribution in [2.24, 2.45) is 0 Å². The Kier molecular flexibility index (Phi) is 6.32. The van der Waals surface area contributed by atoms with E-state index in [1.54, 1.807) is 12.1 Å². The topological polar surface area (TPSA) is 66.5 Å². The first kappa shape index (κ1) is 21.5. The summed E-state index contributed by atoms with van der Waals surface area (Å²) in [7, 11) is -3.56. The van der Waals surface area contributed by atoms with Crippen molar-refractivity contribution in [3.05, 3.63) is 64.1 Å². The summed E-state index contributed by atoms with van der Waals surface area (Å²) in [5.74, 6) is -0.248. The number of hydrogen-bond donors (Lipinski definition) is 1. The second-order valence-electron chi connectivity index (χ2n) is 8.29. The Balaban J connectivity index is 1.55. The molecule has 2 fully saturated rings. The molecule has 160 valence electrons. The summed E-state index contributed by atoms with van der Waals surface area (Å²) in [6.07, 6.45) is 6.15. The average Bonchev–Trinajstić information content (AvgIpc) is 3.46. The lowest BCUT2D eigenvalue weighted by molar-refractivity contribution is 0.0942. The van der Waals surface area contributed by atoms with Crippen LogP contribution in [-0.2, 0) is 15.4 Å². The van der Waals surface area contributed by atoms with Crippen LogP contribution in [0.3, 0.4) is 0 Å². The van der Waals surface area contributed by atoms with Crippen molar-refractivity contribution in [1.29, 1.82) is 0 Å². The lowest BCUT2D eigenvalue weighted by atomic mass is 9.79. The first-order chi connectivity index (χ1) is 14.4. The highest BCUT2D eigenvalue weighted by molar-refractivity contribution is 9.10. The zero-order chi connectivity index (χ0) is 21.2. The highest BCUT2D eigenvalue weighted by Gasteiger charge is 2.36. The molecule has 7 heteroatoms. The smallest absolute Gasteiger partial charge is 0.252 e. The minimum Gasteiger partial charge on any atom is -0.351 e. The maximum atomic E-state index is 13.0. The molecule has 2 aromatic carbocycles. The average molecular weight is 491 g/mol. The molecule has 0 atom stereocenters. The molecular weight excluding hydrogens is 464 g/mol. The number of carbonyl (C=O) groups is 1. The molecule has 1 aliphatic carbocycles. The Morgan fingerprint density at radius 1 is 1.00 bits per heavy atom. The monoisotopic (exact) mass is 490 g/mol. The van der Waals surface area contributed by atoms with E-state index in [-0.39, 0.29) is 16.2 Å². The van der Waals surface area contributed by atoms with Crippen LogP contribution in [0.4, 0.5) is 0 Å². The molecule has 5 nitrogen and oxygen atoms in total. The molecule has 1 aliphatic heterocycles. The fraction of sp³-hybridized carbons (Fsp3) is 0.435. The number of amides is 1. The van der Waals surface area contributed by atoms with Crippen LogP contribution in [0, 0.1) is 0 Å². The summed E-state index contributed by atoms with van der Waals surface area (Å²) in [5.41, 5.74) is 1.56. The van der Waals surface area contributed by atoms with Gasteiger partial charge in [-0.25, -0.2) is 8.42 Å². The third-order valence-corrected chi connectivity index (χ3v) is 9.01. The summed E-state index contributed by atoms with van der Waals surface area (Å²) in [4.78, 5) is 13.2. The molecule has 0 bridgehead atoms. The molecule has 2 aliphatic rings. The number of halogens is 1. The van der Waals surface area contributed by atoms with Gasteiger partial charge in [-0.05, 0) is 65.4 Å². The first-order valence-electron chi connectivity index (χ1n) is 10.6. The Morgan fingerprint density at radius 3 is 2.33 bits per heavy atom. The van der Waals surface area contributed by atoms with E-state index in [1.165, 1.54) is 15.9 Å². The first-order valence-corrected chi connectivity index (χ1v) is 12.8. The largest absolute Gasteiger partial charge is 0.351 e. The highest BCUT2D eigenvalue weighted by Crippen LogP contribution is 2.40. The van der Waals surface area contributed by atoms with E-state index in [0.717, 1.165) is 38.5 Å². The number of nitrogens with one attached hydrogen (secondary N) is 1. The van der Waals surface area contributed by atoms with Crippen LogP contribution in [0.5, 0.6) is 0 Å². The van der Waals surface area contributed by atoms with E-state index in [4.69, 9.17) is 0 Å². The number of benzene rings is 2. The van der Waals surface area contributed by atoms with Crippen LogP contribution in [0.25, 0.3) is 0 Å². The molecule has 1 saturated carbocycles. The minimum atomic E-state index is -3.56. The van der Waals surface area contributed by atoms with Crippen LogP contribution in [0.1, 0.15) is 54.4 Å². The normalized spacial score (nSPS) is 19.1. The Hall–Kier alpha value is -1.70. The fourth-order valence-electron chi connectivity index (χ4n) is 4.67. The van der Waals surface area contributed by atoms with Gasteiger partial charge in [0.05, 0.1) is 10.5 Å². The van der Waals surface area contributed by atoms with Gasteiger partial charge in [-0.15, -0.1) is 0 Å². The number of sulfonamides is 1. The van der Waals surface area contributed by atoms with E-state index < -0.39 is 10.0 Å². The molecule has 0 radical (unpaired) electrons. The Bertz CT molecular complexity index is 1010. The van der Waals surface area contributed by atoms with Crippen LogP contribution in [0.15, 0.2) is 57.9 Å². The Labute approximate surface area is 187 Å². The SMILES string of the molecule is O=C(NCC1(c2ccccc2)CCCC1)c1cc(S(=O)(=O)N2CCCC2)ccc1Br. The standard InChI is InChI=1S/C23H27BrN2O3S/c24-21-11-10-19(30(28,29)26-14-6-7-15-26)16-20(21)22(27)25-17-23(12-4-5-13-23)18-8-2-1-3-9-18/h1-3,8-11,16H,4-7,12-15,17H2,(H,25,27). The molecule has 1 amide bonds. The third-order valence-electron chi connectivity index (χ3n) is 6.42. The van der Waals surface area contributed by atoms with Crippen molar-refractivity contribution in [1.82, 2.24) is 9.62 Å². The van der Waals surface area contributed by atoms with Crippen LogP contribution < -0.4 is 5.32 Å². The molecule has 0 unspecified atom stereocenters. The van der Waals surface area contributed by atoms with Gasteiger partial charge in [-0.1, -0.05) is 43.2 Å². The second-order valence-corrected chi connectivity index (χ2v) is 11.1. The molecule has 1 heterocycles. The van der Waals surface area contributed by atoms with E-state index in [9.17, 15) is 13.2 Å². The predicted molar refractivity (Wildman–Crippen MR) is 121 cm³/mol. The lowest BCUT2D eigenvalue weighted by Gasteiger charge is -2.30. The minimum absolute atomic E-state index is 0.0529. The molecule has 1 N–H and O–H groups in total. The molecule has 2 aromatic rings. The zero-order valence-electron chi connectivity index (χ0n) is 16.9. The molecule has 0 spiro atoms. The molecule has 0 aromatic heterocycles.